The van der Waals surface area contributed by atoms with Gasteiger partial charge < -0.3 is 14.8 Å². The molecule has 0 bridgehead atoms. The van der Waals surface area contributed by atoms with E-state index in [1.165, 1.54) is 16.6 Å². The zero-order valence-electron chi connectivity index (χ0n) is 22.2. The molecule has 1 saturated carbocycles. The van der Waals surface area contributed by atoms with Gasteiger partial charge in [-0.05, 0) is 69.4 Å². The third-order valence-electron chi connectivity index (χ3n) is 6.01. The SMILES string of the molecule is CC(C)(C)OC(=O)Nc1nc2cc(-c3cnc(Cl)c(C(=O)NCc4ccc(F)cc4OCC4CC4)c3)ccn2n1. The van der Waals surface area contributed by atoms with E-state index in [0.717, 1.165) is 12.8 Å². The van der Waals surface area contributed by atoms with Crippen LogP contribution in [0.3, 0.4) is 0 Å². The zero-order valence-corrected chi connectivity index (χ0v) is 23.0. The Morgan fingerprint density at radius 3 is 2.70 bits per heavy atom. The average Bonchev–Trinajstić information content (AvgIpc) is 3.63. The highest BCUT2D eigenvalue weighted by Gasteiger charge is 2.23. The van der Waals surface area contributed by atoms with Gasteiger partial charge in [0, 0.05) is 36.1 Å². The van der Waals surface area contributed by atoms with Gasteiger partial charge in [0.1, 0.15) is 22.3 Å². The van der Waals surface area contributed by atoms with Crippen molar-refractivity contribution in [2.45, 2.75) is 45.8 Å². The van der Waals surface area contributed by atoms with Crippen LogP contribution < -0.4 is 15.4 Å². The molecule has 0 spiro atoms. The molecular formula is C28H28ClFN6O4. The summed E-state index contributed by atoms with van der Waals surface area (Å²) >= 11 is 6.27. The maximum absolute atomic E-state index is 13.8. The van der Waals surface area contributed by atoms with Gasteiger partial charge in [0.15, 0.2) is 5.65 Å². The van der Waals surface area contributed by atoms with Crippen molar-refractivity contribution >= 4 is 35.2 Å². The lowest BCUT2D eigenvalue weighted by Gasteiger charge is -2.18. The van der Waals surface area contributed by atoms with Gasteiger partial charge in [0.2, 0.25) is 0 Å². The highest BCUT2D eigenvalue weighted by Crippen LogP contribution is 2.31. The lowest BCUT2D eigenvalue weighted by molar-refractivity contribution is 0.0634. The number of fused-ring (bicyclic) bond motifs is 1. The second kappa shape index (κ2) is 11.1. The molecule has 12 heteroatoms. The van der Waals surface area contributed by atoms with Gasteiger partial charge in [0.25, 0.3) is 11.9 Å². The summed E-state index contributed by atoms with van der Waals surface area (Å²) in [6, 6.07) is 9.38. The smallest absolute Gasteiger partial charge is 0.414 e. The molecule has 0 atom stereocenters. The van der Waals surface area contributed by atoms with E-state index in [1.54, 1.807) is 57.4 Å². The summed E-state index contributed by atoms with van der Waals surface area (Å²) < 4.78 is 26.3. The van der Waals surface area contributed by atoms with Crippen molar-refractivity contribution in [3.63, 3.8) is 0 Å². The van der Waals surface area contributed by atoms with E-state index >= 15 is 0 Å². The molecule has 10 nitrogen and oxygen atoms in total. The quantitative estimate of drug-likeness (QED) is 0.264. The minimum atomic E-state index is -0.664. The molecule has 0 unspecified atom stereocenters. The molecule has 0 aliphatic heterocycles. The number of ether oxygens (including phenoxy) is 2. The van der Waals surface area contributed by atoms with Crippen molar-refractivity contribution in [1.82, 2.24) is 24.9 Å². The number of nitrogens with zero attached hydrogens (tertiary/aromatic N) is 4. The summed E-state index contributed by atoms with van der Waals surface area (Å²) in [5.74, 6) is 0.153. The van der Waals surface area contributed by atoms with Crippen molar-refractivity contribution in [2.24, 2.45) is 5.92 Å². The number of amides is 2. The summed E-state index contributed by atoms with van der Waals surface area (Å²) in [6.45, 7) is 5.93. The summed E-state index contributed by atoms with van der Waals surface area (Å²) in [7, 11) is 0. The van der Waals surface area contributed by atoms with E-state index in [-0.39, 0.29) is 23.2 Å². The normalized spacial score (nSPS) is 13.2. The molecule has 5 rings (SSSR count). The van der Waals surface area contributed by atoms with E-state index in [1.807, 2.05) is 0 Å². The van der Waals surface area contributed by atoms with E-state index in [4.69, 9.17) is 21.1 Å². The summed E-state index contributed by atoms with van der Waals surface area (Å²) in [4.78, 5) is 33.6. The Morgan fingerprint density at radius 1 is 1.15 bits per heavy atom. The van der Waals surface area contributed by atoms with Crippen molar-refractivity contribution in [2.75, 3.05) is 11.9 Å². The van der Waals surface area contributed by atoms with Crippen molar-refractivity contribution in [3.05, 3.63) is 70.9 Å². The number of benzene rings is 1. The molecule has 1 fully saturated rings. The van der Waals surface area contributed by atoms with Gasteiger partial charge in [-0.25, -0.2) is 18.7 Å². The molecule has 0 saturated heterocycles. The number of rotatable bonds is 8. The number of hydrogen-bond acceptors (Lipinski definition) is 7. The first kappa shape index (κ1) is 27.3. The van der Waals surface area contributed by atoms with Crippen LogP contribution in [0.2, 0.25) is 5.15 Å². The molecule has 3 aromatic heterocycles. The Labute approximate surface area is 234 Å². The third-order valence-corrected chi connectivity index (χ3v) is 6.31. The summed E-state index contributed by atoms with van der Waals surface area (Å²) in [6.07, 6.45) is 4.77. The highest BCUT2D eigenvalue weighted by molar-refractivity contribution is 6.32. The standard InChI is InChI=1S/C28H28ClFN6O4/c1-28(2,3)40-27(38)34-26-33-23-11-17(8-9-36(23)35-26)19-10-21(24(29)31-14-19)25(37)32-13-18-6-7-20(30)12-22(18)39-15-16-4-5-16/h6-12,14,16H,4-5,13,15H2,1-3H3,(H,32,37)(H,34,35,38). The Kier molecular flexibility index (Phi) is 7.57. The van der Waals surface area contributed by atoms with Crippen molar-refractivity contribution in [1.29, 1.82) is 0 Å². The fraction of sp³-hybridized carbons (Fsp3) is 0.321. The molecule has 1 aliphatic rings. The van der Waals surface area contributed by atoms with Gasteiger partial charge >= 0.3 is 6.09 Å². The lowest BCUT2D eigenvalue weighted by Crippen LogP contribution is -2.27. The van der Waals surface area contributed by atoms with Crippen LogP contribution in [0, 0.1) is 11.7 Å². The van der Waals surface area contributed by atoms with Crippen molar-refractivity contribution in [3.8, 4) is 16.9 Å². The molecule has 4 aromatic rings. The highest BCUT2D eigenvalue weighted by atomic mass is 35.5. The van der Waals surface area contributed by atoms with Gasteiger partial charge in [-0.15, -0.1) is 5.10 Å². The predicted octanol–water partition coefficient (Wildman–Crippen LogP) is 5.65. The third kappa shape index (κ3) is 6.84. The fourth-order valence-electron chi connectivity index (χ4n) is 3.85. The number of anilines is 1. The molecule has 0 radical (unpaired) electrons. The monoisotopic (exact) mass is 566 g/mol. The number of carbonyl (C=O) groups excluding carboxylic acids is 2. The first-order chi connectivity index (χ1) is 19.0. The first-order valence-electron chi connectivity index (χ1n) is 12.8. The van der Waals surface area contributed by atoms with Crippen molar-refractivity contribution < 1.29 is 23.5 Å². The van der Waals surface area contributed by atoms with Crippen LogP contribution in [0.5, 0.6) is 5.75 Å². The van der Waals surface area contributed by atoms with Gasteiger partial charge in [-0.3, -0.25) is 10.1 Å². The second-order valence-corrected chi connectivity index (χ2v) is 10.9. The number of aromatic nitrogens is 4. The lowest BCUT2D eigenvalue weighted by atomic mass is 10.1. The molecule has 40 heavy (non-hydrogen) atoms. The number of carbonyl (C=O) groups is 2. The second-order valence-electron chi connectivity index (χ2n) is 10.5. The zero-order chi connectivity index (χ0) is 28.4. The number of hydrogen-bond donors (Lipinski definition) is 2. The molecular weight excluding hydrogens is 539 g/mol. The van der Waals surface area contributed by atoms with Gasteiger partial charge in [-0.2, -0.15) is 4.98 Å². The Hall–Kier alpha value is -4.25. The first-order valence-corrected chi connectivity index (χ1v) is 13.1. The maximum Gasteiger partial charge on any atom is 0.414 e. The summed E-state index contributed by atoms with van der Waals surface area (Å²) in [5.41, 5.74) is 1.96. The van der Waals surface area contributed by atoms with Crippen LogP contribution >= 0.6 is 11.6 Å². The fourth-order valence-corrected chi connectivity index (χ4v) is 4.03. The van der Waals surface area contributed by atoms with Crippen LogP contribution in [-0.4, -0.2) is 43.8 Å². The maximum atomic E-state index is 13.8. The van der Waals surface area contributed by atoms with E-state index in [0.29, 0.717) is 40.6 Å². The number of nitrogens with one attached hydrogen (secondary N) is 2. The Balaban J connectivity index is 1.30. The molecule has 1 aliphatic carbocycles. The largest absolute Gasteiger partial charge is 0.493 e. The molecule has 208 valence electrons. The average molecular weight is 567 g/mol. The van der Waals surface area contributed by atoms with Crippen LogP contribution in [-0.2, 0) is 11.3 Å². The van der Waals surface area contributed by atoms with E-state index in [2.05, 4.69) is 25.7 Å². The van der Waals surface area contributed by atoms with Gasteiger partial charge in [0.05, 0.1) is 12.2 Å². The van der Waals surface area contributed by atoms with E-state index in [9.17, 15) is 14.0 Å². The Bertz CT molecular complexity index is 1580. The summed E-state index contributed by atoms with van der Waals surface area (Å²) in [5, 5.41) is 9.60. The van der Waals surface area contributed by atoms with Crippen LogP contribution in [0.15, 0.2) is 48.8 Å². The van der Waals surface area contributed by atoms with E-state index < -0.39 is 23.4 Å². The van der Waals surface area contributed by atoms with Crippen LogP contribution in [0.4, 0.5) is 15.1 Å². The number of pyridine rings is 2. The minimum absolute atomic E-state index is 0.0398. The molecule has 3 heterocycles. The Morgan fingerprint density at radius 2 is 1.95 bits per heavy atom. The van der Waals surface area contributed by atoms with Gasteiger partial charge in [-0.1, -0.05) is 17.7 Å². The topological polar surface area (TPSA) is 120 Å². The number of halogens is 2. The molecule has 1 aromatic carbocycles. The van der Waals surface area contributed by atoms with Crippen LogP contribution in [0.1, 0.15) is 49.5 Å². The predicted molar refractivity (Wildman–Crippen MR) is 147 cm³/mol. The molecule has 2 N–H and O–H groups in total. The molecule has 2 amide bonds. The van der Waals surface area contributed by atoms with Crippen LogP contribution in [0.25, 0.3) is 16.8 Å². The minimum Gasteiger partial charge on any atom is -0.493 e.